The van der Waals surface area contributed by atoms with Crippen LogP contribution in [0.4, 0.5) is 16.2 Å². The summed E-state index contributed by atoms with van der Waals surface area (Å²) in [6, 6.07) is 9.25. The van der Waals surface area contributed by atoms with Crippen molar-refractivity contribution in [3.63, 3.8) is 0 Å². The van der Waals surface area contributed by atoms with Gasteiger partial charge in [0, 0.05) is 18.3 Å². The molecule has 2 aliphatic rings. The molecule has 2 aromatic rings. The number of rotatable bonds is 4. The highest BCUT2D eigenvalue weighted by Crippen LogP contribution is 2.41. The number of carbonyl (C=O) groups excluding carboxylic acids is 2. The molecule has 0 fully saturated rings. The van der Waals surface area contributed by atoms with E-state index < -0.39 is 6.09 Å². The average molecular weight is 424 g/mol. The number of para-hydroxylation sites is 1. The summed E-state index contributed by atoms with van der Waals surface area (Å²) in [5.41, 5.74) is 3.18. The highest BCUT2D eigenvalue weighted by molar-refractivity contribution is 6.09. The van der Waals surface area contributed by atoms with Crippen molar-refractivity contribution in [1.82, 2.24) is 14.9 Å². The maximum absolute atomic E-state index is 13.2. The molecule has 10 heteroatoms. The van der Waals surface area contributed by atoms with Gasteiger partial charge in [-0.05, 0) is 12.1 Å². The van der Waals surface area contributed by atoms with Crippen LogP contribution in [-0.2, 0) is 16.0 Å². The summed E-state index contributed by atoms with van der Waals surface area (Å²) in [6.07, 6.45) is 3.04. The summed E-state index contributed by atoms with van der Waals surface area (Å²) in [7, 11) is 2.82. The molecule has 0 atom stereocenters. The third-order valence-corrected chi connectivity index (χ3v) is 5.34. The molecule has 10 nitrogen and oxygen atoms in total. The molecule has 0 aliphatic carbocycles. The Hall–Kier alpha value is -3.92. The maximum atomic E-state index is 13.2. The summed E-state index contributed by atoms with van der Waals surface area (Å²) in [4.78, 5) is 26.6. The molecule has 2 aliphatic heterocycles. The van der Waals surface area contributed by atoms with Gasteiger partial charge in [0.1, 0.15) is 5.76 Å². The van der Waals surface area contributed by atoms with E-state index >= 15 is 0 Å². The van der Waals surface area contributed by atoms with Crippen LogP contribution < -0.4 is 22.0 Å². The zero-order chi connectivity index (χ0) is 22.1. The lowest BCUT2D eigenvalue weighted by molar-refractivity contribution is 0.0837. The third-order valence-electron chi connectivity index (χ3n) is 5.34. The first kappa shape index (κ1) is 20.4. The van der Waals surface area contributed by atoms with E-state index in [0.717, 1.165) is 0 Å². The molecule has 0 saturated heterocycles. The van der Waals surface area contributed by atoms with Crippen LogP contribution in [0, 0.1) is 0 Å². The molecule has 31 heavy (non-hydrogen) atoms. The van der Waals surface area contributed by atoms with Crippen molar-refractivity contribution in [1.29, 1.82) is 0 Å². The number of hydrazine groups is 1. The van der Waals surface area contributed by atoms with Crippen LogP contribution in [-0.4, -0.2) is 48.8 Å². The lowest BCUT2D eigenvalue weighted by Gasteiger charge is -2.27. The van der Waals surface area contributed by atoms with Gasteiger partial charge >= 0.3 is 6.09 Å². The van der Waals surface area contributed by atoms with Crippen LogP contribution in [0.3, 0.4) is 0 Å². The number of nitrogens with one attached hydrogen (secondary N) is 1. The number of anilines is 2. The fourth-order valence-corrected chi connectivity index (χ4v) is 3.90. The van der Waals surface area contributed by atoms with Crippen molar-refractivity contribution in [2.24, 2.45) is 5.84 Å². The molecule has 1 aromatic carbocycles. The normalized spacial score (nSPS) is 15.5. The number of benzene rings is 1. The fourth-order valence-electron chi connectivity index (χ4n) is 3.90. The number of hydrogen-bond donors (Lipinski definition) is 3. The predicted octanol–water partition coefficient (Wildman–Crippen LogP) is 1.45. The minimum absolute atomic E-state index is 0.109. The number of Topliss-reactive ketones (excluding diaryl/α,β-unsaturated/α-hetero) is 1. The first-order chi connectivity index (χ1) is 15.0. The minimum atomic E-state index is -0.602. The van der Waals surface area contributed by atoms with Gasteiger partial charge in [-0.3, -0.25) is 19.4 Å². The Bertz CT molecular complexity index is 1090. The van der Waals surface area contributed by atoms with Gasteiger partial charge in [-0.15, -0.1) is 0 Å². The number of nitrogens with two attached hydrogens (primary N) is 2. The first-order valence-electron chi connectivity index (χ1n) is 9.65. The van der Waals surface area contributed by atoms with E-state index in [4.69, 9.17) is 21.2 Å². The van der Waals surface area contributed by atoms with Gasteiger partial charge in [-0.1, -0.05) is 24.3 Å². The smallest absolute Gasteiger partial charge is 0.410 e. The Morgan fingerprint density at radius 1 is 1.19 bits per heavy atom. The molecule has 162 valence electrons. The summed E-state index contributed by atoms with van der Waals surface area (Å²) >= 11 is 0. The van der Waals surface area contributed by atoms with Gasteiger partial charge in [-0.25, -0.2) is 10.6 Å². The second-order valence-electron chi connectivity index (χ2n) is 7.08. The van der Waals surface area contributed by atoms with Crippen molar-refractivity contribution in [3.8, 4) is 0 Å². The van der Waals surface area contributed by atoms with Crippen LogP contribution in [0.1, 0.15) is 21.7 Å². The molecular weight excluding hydrogens is 400 g/mol. The van der Waals surface area contributed by atoms with Crippen LogP contribution in [0.2, 0.25) is 0 Å². The zero-order valence-electron chi connectivity index (χ0n) is 17.3. The molecular formula is C21H24N6O4. The zero-order valence-corrected chi connectivity index (χ0v) is 17.3. The highest BCUT2D eigenvalue weighted by Gasteiger charge is 2.38. The second kappa shape index (κ2) is 8.07. The van der Waals surface area contributed by atoms with Crippen LogP contribution >= 0.6 is 0 Å². The minimum Gasteiger partial charge on any atom is -0.495 e. The van der Waals surface area contributed by atoms with Gasteiger partial charge in [0.15, 0.2) is 5.78 Å². The van der Waals surface area contributed by atoms with E-state index in [2.05, 4.69) is 5.32 Å². The summed E-state index contributed by atoms with van der Waals surface area (Å²) in [6.45, 7) is 0.527. The number of ether oxygens (including phenoxy) is 2. The van der Waals surface area contributed by atoms with E-state index in [1.807, 2.05) is 36.4 Å². The predicted molar refractivity (Wildman–Crippen MR) is 116 cm³/mol. The van der Waals surface area contributed by atoms with E-state index in [1.54, 1.807) is 13.3 Å². The number of methoxy groups -OCH3 is 2. The number of nitrogen functional groups attached to an aromatic ring is 1. The number of aromatic nitrogens is 1. The highest BCUT2D eigenvalue weighted by atomic mass is 16.5. The van der Waals surface area contributed by atoms with Gasteiger partial charge in [0.2, 0.25) is 0 Å². The molecule has 5 N–H and O–H groups in total. The van der Waals surface area contributed by atoms with Gasteiger partial charge in [-0.2, -0.15) is 0 Å². The molecule has 0 unspecified atom stereocenters. The number of dihydropyridines is 1. The van der Waals surface area contributed by atoms with Crippen LogP contribution in [0.25, 0.3) is 5.57 Å². The van der Waals surface area contributed by atoms with E-state index in [9.17, 15) is 9.59 Å². The molecule has 3 heterocycles. The Balaban J connectivity index is 1.95. The van der Waals surface area contributed by atoms with Gasteiger partial charge in [0.25, 0.3) is 0 Å². The van der Waals surface area contributed by atoms with E-state index in [-0.39, 0.29) is 18.9 Å². The average Bonchev–Trinajstić information content (AvgIpc) is 3.11. The molecule has 0 radical (unpaired) electrons. The van der Waals surface area contributed by atoms with E-state index in [1.165, 1.54) is 21.7 Å². The van der Waals surface area contributed by atoms with Crippen LogP contribution in [0.5, 0.6) is 0 Å². The molecule has 4 rings (SSSR count). The van der Waals surface area contributed by atoms with Crippen molar-refractivity contribution < 1.29 is 19.1 Å². The van der Waals surface area contributed by atoms with Crippen molar-refractivity contribution in [2.45, 2.75) is 6.54 Å². The molecule has 0 spiro atoms. The maximum Gasteiger partial charge on any atom is 0.410 e. The summed E-state index contributed by atoms with van der Waals surface area (Å²) in [5, 5.41) is 4.53. The number of nitrogens with zero attached hydrogens (tertiary/aromatic N) is 3. The van der Waals surface area contributed by atoms with Crippen molar-refractivity contribution in [2.75, 3.05) is 38.2 Å². The van der Waals surface area contributed by atoms with Gasteiger partial charge < -0.3 is 20.6 Å². The third kappa shape index (κ3) is 3.36. The molecule has 1 amide bonds. The number of allylic oxidation sites excluding steroid dienone is 1. The number of carbonyl (C=O) groups is 2. The largest absolute Gasteiger partial charge is 0.495 e. The molecule has 0 saturated carbocycles. The van der Waals surface area contributed by atoms with Gasteiger partial charge in [0.05, 0.1) is 55.6 Å². The number of hydrogen-bond acceptors (Lipinski definition) is 8. The Morgan fingerprint density at radius 3 is 2.61 bits per heavy atom. The number of amides is 1. The lowest BCUT2D eigenvalue weighted by Crippen LogP contribution is -2.41. The van der Waals surface area contributed by atoms with E-state index in [0.29, 0.717) is 46.2 Å². The van der Waals surface area contributed by atoms with Crippen molar-refractivity contribution in [3.05, 3.63) is 65.3 Å². The molecule has 1 aromatic heterocycles. The number of fused-ring (bicyclic) bond motifs is 1. The summed E-state index contributed by atoms with van der Waals surface area (Å²) in [5.74, 6) is 13.3. The Morgan fingerprint density at radius 2 is 1.94 bits per heavy atom. The standard InChI is InChI=1S/C21H24N6O4/c1-30-17-10-24-9-8-14(17)19-20(26(22)13-6-4-3-5-7-13)18-15(27(19)23)11-25(12-16(18)28)21(29)31-2/h3-8,10,24H,9,11-12,22-23H2,1-2H3. The quantitative estimate of drug-likeness (QED) is 0.497. The summed E-state index contributed by atoms with van der Waals surface area (Å²) < 4.78 is 11.7. The topological polar surface area (TPSA) is 128 Å². The first-order valence-corrected chi connectivity index (χ1v) is 9.65. The molecule has 0 bridgehead atoms. The Labute approximate surface area is 179 Å². The second-order valence-corrected chi connectivity index (χ2v) is 7.08. The fraction of sp³-hybridized carbons (Fsp3) is 0.238. The SMILES string of the molecule is COC(=O)N1CC(=O)c2c(N(N)c3ccccc3)c(C3=CCNC=C3OC)n(N)c2C1. The Kier molecular flexibility index (Phi) is 5.30. The van der Waals surface area contributed by atoms with Crippen LogP contribution in [0.15, 0.2) is 48.4 Å². The monoisotopic (exact) mass is 424 g/mol. The number of ketones is 1. The van der Waals surface area contributed by atoms with Crippen molar-refractivity contribution >= 4 is 28.8 Å². The lowest BCUT2D eigenvalue weighted by atomic mass is 10.0.